The van der Waals surface area contributed by atoms with Gasteiger partial charge in [-0.3, -0.25) is 4.79 Å². The second-order valence-corrected chi connectivity index (χ2v) is 4.34. The molecule has 2 rings (SSSR count). The lowest BCUT2D eigenvalue weighted by molar-refractivity contribution is -0.139. The number of nitriles is 1. The van der Waals surface area contributed by atoms with Gasteiger partial charge in [0.05, 0.1) is 11.6 Å². The van der Waals surface area contributed by atoms with E-state index in [1.165, 1.54) is 24.3 Å². The lowest BCUT2D eigenvalue weighted by atomic mass is 10.0. The van der Waals surface area contributed by atoms with E-state index in [2.05, 4.69) is 5.32 Å². The summed E-state index contributed by atoms with van der Waals surface area (Å²) in [5.41, 5.74) is 1.22. The highest BCUT2D eigenvalue weighted by Crippen LogP contribution is 2.15. The van der Waals surface area contributed by atoms with E-state index in [1.807, 2.05) is 6.07 Å². The lowest BCUT2D eigenvalue weighted by Gasteiger charge is -2.15. The number of carbonyl (C=O) groups excluding carboxylic acids is 1. The van der Waals surface area contributed by atoms with Crippen molar-refractivity contribution in [2.45, 2.75) is 6.04 Å². The van der Waals surface area contributed by atoms with Crippen LogP contribution < -0.4 is 5.32 Å². The van der Waals surface area contributed by atoms with Gasteiger partial charge in [-0.1, -0.05) is 30.3 Å². The van der Waals surface area contributed by atoms with Crippen LogP contribution in [0.3, 0.4) is 0 Å². The van der Waals surface area contributed by atoms with Crippen molar-refractivity contribution in [3.05, 3.63) is 71.3 Å². The van der Waals surface area contributed by atoms with Gasteiger partial charge in [-0.2, -0.15) is 5.26 Å². The normalized spacial score (nSPS) is 11.2. The number of nitrogens with zero attached hydrogens (tertiary/aromatic N) is 1. The van der Waals surface area contributed by atoms with E-state index in [9.17, 15) is 14.7 Å². The first kappa shape index (κ1) is 14.3. The number of hydrogen-bond donors (Lipinski definition) is 2. The molecule has 104 valence electrons. The van der Waals surface area contributed by atoms with Crippen molar-refractivity contribution < 1.29 is 14.7 Å². The molecule has 0 unspecified atom stereocenters. The number of nitrogens with one attached hydrogen (secondary N) is 1. The standard InChI is InChI=1S/C16H12N2O3/c17-10-11-6-8-12(9-7-11)14(16(20)21)18-15(19)13-4-2-1-3-5-13/h1-9,14H,(H,18,19)(H,20,21)/t14-/m0/s1. The van der Waals surface area contributed by atoms with Gasteiger partial charge in [-0.05, 0) is 29.8 Å². The van der Waals surface area contributed by atoms with Gasteiger partial charge < -0.3 is 10.4 Å². The third kappa shape index (κ3) is 3.45. The number of carboxylic acids is 1. The molecular formula is C16H12N2O3. The van der Waals surface area contributed by atoms with Crippen molar-refractivity contribution >= 4 is 11.9 Å². The molecule has 0 aliphatic heterocycles. The molecule has 0 bridgehead atoms. The van der Waals surface area contributed by atoms with Gasteiger partial charge >= 0.3 is 5.97 Å². The zero-order valence-corrected chi connectivity index (χ0v) is 11.0. The van der Waals surface area contributed by atoms with Crippen LogP contribution in [0.5, 0.6) is 0 Å². The Morgan fingerprint density at radius 3 is 2.19 bits per heavy atom. The fourth-order valence-electron chi connectivity index (χ4n) is 1.84. The van der Waals surface area contributed by atoms with E-state index < -0.39 is 17.9 Å². The minimum atomic E-state index is -1.16. The third-order valence-electron chi connectivity index (χ3n) is 2.93. The molecule has 1 atom stereocenters. The van der Waals surface area contributed by atoms with E-state index in [-0.39, 0.29) is 0 Å². The summed E-state index contributed by atoms with van der Waals surface area (Å²) in [5.74, 6) is -1.63. The number of carboxylic acid groups (broad SMARTS) is 1. The molecule has 0 aliphatic carbocycles. The van der Waals surface area contributed by atoms with Crippen LogP contribution in [0, 0.1) is 11.3 Å². The fourth-order valence-corrected chi connectivity index (χ4v) is 1.84. The molecule has 0 heterocycles. The zero-order chi connectivity index (χ0) is 15.2. The van der Waals surface area contributed by atoms with Crippen LogP contribution in [0.15, 0.2) is 54.6 Å². The van der Waals surface area contributed by atoms with Crippen molar-refractivity contribution in [1.82, 2.24) is 5.32 Å². The van der Waals surface area contributed by atoms with E-state index in [0.29, 0.717) is 16.7 Å². The zero-order valence-electron chi connectivity index (χ0n) is 11.0. The second kappa shape index (κ2) is 6.35. The molecule has 0 aromatic heterocycles. The fraction of sp³-hybridized carbons (Fsp3) is 0.0625. The Bertz CT molecular complexity index is 688. The van der Waals surface area contributed by atoms with Crippen molar-refractivity contribution in [2.24, 2.45) is 0 Å². The average Bonchev–Trinajstić information content (AvgIpc) is 2.53. The molecule has 0 saturated carbocycles. The van der Waals surface area contributed by atoms with E-state index >= 15 is 0 Å². The largest absolute Gasteiger partial charge is 0.479 e. The van der Waals surface area contributed by atoms with Gasteiger partial charge in [0.2, 0.25) is 0 Å². The molecule has 0 radical (unpaired) electrons. The van der Waals surface area contributed by atoms with Crippen molar-refractivity contribution in [2.75, 3.05) is 0 Å². The number of aliphatic carboxylic acids is 1. The average molecular weight is 280 g/mol. The monoisotopic (exact) mass is 280 g/mol. The number of amides is 1. The topological polar surface area (TPSA) is 90.2 Å². The third-order valence-corrected chi connectivity index (χ3v) is 2.93. The molecular weight excluding hydrogens is 268 g/mol. The van der Waals surface area contributed by atoms with Crippen LogP contribution in [0.1, 0.15) is 27.5 Å². The van der Waals surface area contributed by atoms with Gasteiger partial charge in [0.1, 0.15) is 0 Å². The van der Waals surface area contributed by atoms with Crippen LogP contribution in [-0.2, 0) is 4.79 Å². The van der Waals surface area contributed by atoms with Gasteiger partial charge in [-0.15, -0.1) is 0 Å². The highest BCUT2D eigenvalue weighted by atomic mass is 16.4. The lowest BCUT2D eigenvalue weighted by Crippen LogP contribution is -2.33. The van der Waals surface area contributed by atoms with Crippen LogP contribution >= 0.6 is 0 Å². The van der Waals surface area contributed by atoms with E-state index in [0.717, 1.165) is 0 Å². The molecule has 5 heteroatoms. The van der Waals surface area contributed by atoms with Gasteiger partial charge in [-0.25, -0.2) is 4.79 Å². The van der Waals surface area contributed by atoms with Crippen LogP contribution in [0.4, 0.5) is 0 Å². The number of hydrogen-bond acceptors (Lipinski definition) is 3. The minimum Gasteiger partial charge on any atom is -0.479 e. The molecule has 2 aromatic carbocycles. The summed E-state index contributed by atoms with van der Waals surface area (Å²) in [5, 5.41) is 20.5. The van der Waals surface area contributed by atoms with Crippen molar-refractivity contribution in [1.29, 1.82) is 5.26 Å². The minimum absolute atomic E-state index is 0.386. The van der Waals surface area contributed by atoms with Crippen molar-refractivity contribution in [3.8, 4) is 6.07 Å². The van der Waals surface area contributed by atoms with Gasteiger partial charge in [0, 0.05) is 5.56 Å². The number of benzene rings is 2. The molecule has 2 aromatic rings. The summed E-state index contributed by atoms with van der Waals surface area (Å²) < 4.78 is 0. The molecule has 0 fully saturated rings. The summed E-state index contributed by atoms with van der Waals surface area (Å²) in [6.07, 6.45) is 0. The first-order chi connectivity index (χ1) is 10.1. The summed E-state index contributed by atoms with van der Waals surface area (Å²) in [6.45, 7) is 0. The maximum atomic E-state index is 12.0. The summed E-state index contributed by atoms with van der Waals surface area (Å²) >= 11 is 0. The highest BCUT2D eigenvalue weighted by Gasteiger charge is 2.22. The Morgan fingerprint density at radius 2 is 1.67 bits per heavy atom. The first-order valence-electron chi connectivity index (χ1n) is 6.20. The van der Waals surface area contributed by atoms with Gasteiger partial charge in [0.25, 0.3) is 5.91 Å². The molecule has 0 spiro atoms. The quantitative estimate of drug-likeness (QED) is 0.897. The maximum absolute atomic E-state index is 12.0. The van der Waals surface area contributed by atoms with Gasteiger partial charge in [0.15, 0.2) is 6.04 Å². The number of rotatable bonds is 4. The van der Waals surface area contributed by atoms with Crippen LogP contribution in [0.25, 0.3) is 0 Å². The van der Waals surface area contributed by atoms with E-state index in [4.69, 9.17) is 5.26 Å². The Balaban J connectivity index is 2.22. The molecule has 2 N–H and O–H groups in total. The van der Waals surface area contributed by atoms with Crippen LogP contribution in [0.2, 0.25) is 0 Å². The van der Waals surface area contributed by atoms with Crippen molar-refractivity contribution in [3.63, 3.8) is 0 Å². The summed E-state index contributed by atoms with van der Waals surface area (Å²) in [4.78, 5) is 23.4. The second-order valence-electron chi connectivity index (χ2n) is 4.34. The summed E-state index contributed by atoms with van der Waals surface area (Å²) in [6, 6.07) is 15.2. The molecule has 0 saturated heterocycles. The Labute approximate surface area is 121 Å². The number of carbonyl (C=O) groups is 2. The highest BCUT2D eigenvalue weighted by molar-refractivity contribution is 5.96. The Morgan fingerprint density at radius 1 is 1.05 bits per heavy atom. The molecule has 1 amide bonds. The first-order valence-corrected chi connectivity index (χ1v) is 6.20. The van der Waals surface area contributed by atoms with E-state index in [1.54, 1.807) is 30.3 Å². The maximum Gasteiger partial charge on any atom is 0.330 e. The molecule has 5 nitrogen and oxygen atoms in total. The molecule has 0 aliphatic rings. The summed E-state index contributed by atoms with van der Waals surface area (Å²) in [7, 11) is 0. The predicted molar refractivity (Wildman–Crippen MR) is 75.4 cm³/mol. The molecule has 21 heavy (non-hydrogen) atoms. The smallest absolute Gasteiger partial charge is 0.330 e. The Kier molecular flexibility index (Phi) is 4.32. The predicted octanol–water partition coefficient (Wildman–Crippen LogP) is 2.11. The SMILES string of the molecule is N#Cc1ccc([C@H](NC(=O)c2ccccc2)C(=O)O)cc1. The Hall–Kier alpha value is -3.13. The van der Waals surface area contributed by atoms with Crippen LogP contribution in [-0.4, -0.2) is 17.0 Å².